The predicted octanol–water partition coefficient (Wildman–Crippen LogP) is 18.3. The van der Waals surface area contributed by atoms with Gasteiger partial charge in [0.25, 0.3) is 0 Å². The maximum Gasteiger partial charge on any atom is 0.213 e. The Hall–Kier alpha value is -9.26. The number of fused-ring (bicyclic) bond motifs is 13. The maximum absolute atomic E-state index is 5.11. The van der Waals surface area contributed by atoms with Gasteiger partial charge in [-0.2, -0.15) is 4.57 Å². The number of hydrogen-bond donors (Lipinski definition) is 0. The average Bonchev–Trinajstić information content (AvgIpc) is 1.66. The van der Waals surface area contributed by atoms with Gasteiger partial charge >= 0.3 is 0 Å². The number of aryl methyl sites for hydroxylation is 10. The lowest BCUT2D eigenvalue weighted by atomic mass is 9.78. The second kappa shape index (κ2) is 21.5. The molecule has 1 saturated carbocycles. The van der Waals surface area contributed by atoms with E-state index in [0.717, 1.165) is 17.1 Å². The van der Waals surface area contributed by atoms with E-state index in [-0.39, 0.29) is 16.2 Å². The second-order valence-corrected chi connectivity index (χ2v) is 27.2. The van der Waals surface area contributed by atoms with Crippen molar-refractivity contribution in [3.63, 3.8) is 0 Å². The summed E-state index contributed by atoms with van der Waals surface area (Å²) in [5, 5.41) is 3.80. The van der Waals surface area contributed by atoms with Gasteiger partial charge in [-0.1, -0.05) is 138 Å². The van der Waals surface area contributed by atoms with Crippen LogP contribution in [0.2, 0.25) is 0 Å². The summed E-state index contributed by atoms with van der Waals surface area (Å²) in [5.74, 6) is 0. The lowest BCUT2D eigenvalue weighted by Gasteiger charge is -2.26. The van der Waals surface area contributed by atoms with Crippen LogP contribution < -0.4 is 13.7 Å². The van der Waals surface area contributed by atoms with Crippen LogP contribution in [-0.2, 0) is 37.4 Å². The third-order valence-corrected chi connectivity index (χ3v) is 20.5. The summed E-state index contributed by atoms with van der Waals surface area (Å²) in [6.07, 6.45) is 9.54. The van der Waals surface area contributed by atoms with Crippen LogP contribution in [0, 0.1) is 48.5 Å². The van der Waals surface area contributed by atoms with E-state index in [2.05, 4.69) is 299 Å². The Morgan fingerprint density at radius 1 is 0.337 bits per heavy atom. The van der Waals surface area contributed by atoms with E-state index < -0.39 is 0 Å². The largest absolute Gasteiger partial charge is 0.257 e. The van der Waals surface area contributed by atoms with Gasteiger partial charge < -0.3 is 0 Å². The van der Waals surface area contributed by atoms with Crippen LogP contribution in [0.3, 0.4) is 0 Å². The van der Waals surface area contributed by atoms with E-state index in [4.69, 9.17) is 15.0 Å². The molecule has 16 rings (SSSR count). The molecule has 0 radical (unpaired) electrons. The Morgan fingerprint density at radius 2 is 0.775 bits per heavy atom. The van der Waals surface area contributed by atoms with Gasteiger partial charge in [-0.3, -0.25) is 15.0 Å². The number of pyridine rings is 6. The molecule has 12 aromatic rings. The minimum Gasteiger partial charge on any atom is -0.257 e. The lowest BCUT2D eigenvalue weighted by molar-refractivity contribution is -0.660. The van der Waals surface area contributed by atoms with Crippen LogP contribution in [0.1, 0.15) is 126 Å². The van der Waals surface area contributed by atoms with Crippen LogP contribution in [-0.4, -0.2) is 15.0 Å². The van der Waals surface area contributed by atoms with Crippen molar-refractivity contribution >= 4 is 21.7 Å². The molecule has 0 bridgehead atoms. The van der Waals surface area contributed by atoms with Crippen molar-refractivity contribution in [3.8, 4) is 78.3 Å². The van der Waals surface area contributed by atoms with Gasteiger partial charge in [-0.15, -0.1) is 0 Å². The first-order valence-corrected chi connectivity index (χ1v) is 32.0. The van der Waals surface area contributed by atoms with Crippen molar-refractivity contribution in [2.75, 3.05) is 0 Å². The molecule has 89 heavy (non-hydrogen) atoms. The van der Waals surface area contributed by atoms with Gasteiger partial charge in [0.1, 0.15) is 21.1 Å². The molecule has 4 aliphatic rings. The zero-order valence-electron chi connectivity index (χ0n) is 54.4. The Kier molecular flexibility index (Phi) is 13.9. The van der Waals surface area contributed by atoms with E-state index >= 15 is 0 Å². The zero-order chi connectivity index (χ0) is 62.0. The first-order valence-electron chi connectivity index (χ1n) is 32.0. The van der Waals surface area contributed by atoms with Crippen LogP contribution >= 0.6 is 0 Å². The second-order valence-electron chi connectivity index (χ2n) is 27.2. The monoisotopic (exact) mass is 1160 g/mol. The predicted molar refractivity (Wildman–Crippen MR) is 366 cm³/mol. The van der Waals surface area contributed by atoms with Gasteiger partial charge in [0.05, 0.1) is 17.1 Å². The summed E-state index contributed by atoms with van der Waals surface area (Å²) < 4.78 is 6.84. The molecule has 0 aliphatic heterocycles. The number of para-hydroxylation sites is 1. The number of hydrogen-bond acceptors (Lipinski definition) is 3. The standard InChI is InChI=1S/C31H31N2.2C26H25N2/c1-20-16-28-26(24-13-12-22(3)32-30(24)31(28)14-8-9-15-31)18-25(20)29-17-21(2)27(19-33(29)4)23-10-6-5-7-11-23;1-16-14-22-21(19-12-10-17(2)27-25(19)26(22,3)4)15-20(16)24-13-11-18-8-6-7-9-23(18)28(24)5;1-16-12-23-22(20-11-10-17(2)27-25(20)26(23,3)4)14-21(16)24-13-18-8-6-7-9-19(18)15-28(24)5/h5-7,10-13,16-19H,8-9,14-15H2,1-4H3;2*6-15H,1-5H3/q3*+1. The summed E-state index contributed by atoms with van der Waals surface area (Å²) in [6, 6.07) is 64.5. The van der Waals surface area contributed by atoms with Crippen molar-refractivity contribution in [1.29, 1.82) is 0 Å². The van der Waals surface area contributed by atoms with E-state index in [0.29, 0.717) is 0 Å². The molecule has 440 valence electrons. The molecule has 0 amide bonds. The molecule has 6 aromatic carbocycles. The van der Waals surface area contributed by atoms with Crippen molar-refractivity contribution in [2.45, 2.75) is 118 Å². The summed E-state index contributed by atoms with van der Waals surface area (Å²) in [6.45, 7) is 24.4. The fourth-order valence-corrected chi connectivity index (χ4v) is 15.7. The van der Waals surface area contributed by atoms with Crippen molar-refractivity contribution in [1.82, 2.24) is 15.0 Å². The first-order chi connectivity index (χ1) is 42.7. The quantitative estimate of drug-likeness (QED) is 0.165. The highest BCUT2D eigenvalue weighted by Gasteiger charge is 2.47. The zero-order valence-corrected chi connectivity index (χ0v) is 54.4. The summed E-state index contributed by atoms with van der Waals surface area (Å²) >= 11 is 0. The average molecular weight is 1160 g/mol. The fraction of sp³-hybridized carbons (Fsp3) is 0.253. The summed E-state index contributed by atoms with van der Waals surface area (Å²) in [4.78, 5) is 14.9. The molecule has 6 nitrogen and oxygen atoms in total. The highest BCUT2D eigenvalue weighted by molar-refractivity contribution is 5.89. The van der Waals surface area contributed by atoms with Crippen molar-refractivity contribution < 1.29 is 13.7 Å². The molecule has 0 atom stereocenters. The van der Waals surface area contributed by atoms with E-state index in [9.17, 15) is 0 Å². The minimum absolute atomic E-state index is 0.0639. The van der Waals surface area contributed by atoms with Gasteiger partial charge in [0, 0.05) is 107 Å². The van der Waals surface area contributed by atoms with Crippen LogP contribution in [0.5, 0.6) is 0 Å². The Morgan fingerprint density at radius 3 is 1.35 bits per heavy atom. The normalized spacial score (nSPS) is 14.7. The van der Waals surface area contributed by atoms with Gasteiger partial charge in [0.2, 0.25) is 22.6 Å². The fourth-order valence-electron chi connectivity index (χ4n) is 15.7. The Bertz CT molecular complexity index is 4780. The summed E-state index contributed by atoms with van der Waals surface area (Å²) in [7, 11) is 6.47. The number of rotatable bonds is 4. The van der Waals surface area contributed by atoms with E-state index in [1.54, 1.807) is 0 Å². The van der Waals surface area contributed by atoms with Gasteiger partial charge in [-0.05, 0) is 182 Å². The number of nitrogens with zero attached hydrogens (tertiary/aromatic N) is 6. The Labute approximate surface area is 526 Å². The third kappa shape index (κ3) is 9.43. The number of benzene rings is 6. The molecule has 1 fully saturated rings. The molecule has 4 aliphatic carbocycles. The molecule has 0 N–H and O–H groups in total. The van der Waals surface area contributed by atoms with Crippen molar-refractivity contribution in [2.24, 2.45) is 21.1 Å². The highest BCUT2D eigenvalue weighted by Crippen LogP contribution is 2.57. The third-order valence-electron chi connectivity index (χ3n) is 20.5. The van der Waals surface area contributed by atoms with Crippen LogP contribution in [0.25, 0.3) is 100.0 Å². The van der Waals surface area contributed by atoms with Gasteiger partial charge in [-0.25, -0.2) is 9.13 Å². The molecule has 6 heterocycles. The van der Waals surface area contributed by atoms with E-state index in [1.807, 2.05) is 0 Å². The molecule has 0 saturated heterocycles. The topological polar surface area (TPSA) is 50.3 Å². The molecule has 6 heteroatoms. The molecular formula is C83H81N6+3. The minimum atomic E-state index is -0.0639. The SMILES string of the molecule is Cc1ccc2c(n1)C(C)(C)c1cc(C)c(-c3cc4ccccc4c[n+]3C)cc1-2.Cc1ccc2c(n1)C(C)(C)c1cc(C)c(-c3ccc4ccccc4[n+]3C)cc1-2.Cc1ccc2c(n1)C1(CCCC1)c1cc(C)c(-c3cc(C)c(-c4ccccc4)c[n+]3C)cc1-2. The van der Waals surface area contributed by atoms with E-state index in [1.165, 1.54) is 182 Å². The molecule has 0 unspecified atom stereocenters. The first kappa shape index (κ1) is 57.5. The molecular weight excluding hydrogens is 1080 g/mol. The van der Waals surface area contributed by atoms with Crippen molar-refractivity contribution in [3.05, 3.63) is 261 Å². The number of aromatic nitrogens is 6. The summed E-state index contributed by atoms with van der Waals surface area (Å²) in [5.41, 5.74) is 35.9. The molecule has 1 spiro atoms. The lowest BCUT2D eigenvalue weighted by Crippen LogP contribution is -2.32. The van der Waals surface area contributed by atoms with Crippen LogP contribution in [0.4, 0.5) is 0 Å². The molecule has 6 aromatic heterocycles. The van der Waals surface area contributed by atoms with Crippen LogP contribution in [0.15, 0.2) is 188 Å². The maximum atomic E-state index is 5.11. The Balaban J connectivity index is 0.000000117. The smallest absolute Gasteiger partial charge is 0.213 e. The highest BCUT2D eigenvalue weighted by atomic mass is 14.9. The van der Waals surface area contributed by atoms with Gasteiger partial charge in [0.15, 0.2) is 12.4 Å².